The van der Waals surface area contributed by atoms with Crippen LogP contribution in [0.1, 0.15) is 15.2 Å². The van der Waals surface area contributed by atoms with Crippen LogP contribution in [0.4, 0.5) is 10.8 Å². The first kappa shape index (κ1) is 21.7. The smallest absolute Gasteiger partial charge is 0.264 e. The van der Waals surface area contributed by atoms with Gasteiger partial charge in [0.05, 0.1) is 16.3 Å². The number of para-hydroxylation sites is 1. The second kappa shape index (κ2) is 8.94. The number of carbonyl (C=O) groups excluding carboxylic acids is 1. The van der Waals surface area contributed by atoms with Crippen LogP contribution in [0, 0.1) is 6.92 Å². The lowest BCUT2D eigenvalue weighted by atomic mass is 10.1. The Morgan fingerprint density at radius 1 is 0.906 bits per heavy atom. The molecule has 1 amide bonds. The zero-order chi connectivity index (χ0) is 22.7. The van der Waals surface area contributed by atoms with Gasteiger partial charge in [-0.05, 0) is 43.3 Å². The van der Waals surface area contributed by atoms with E-state index in [-0.39, 0.29) is 10.8 Å². The monoisotopic (exact) mass is 463 g/mol. The van der Waals surface area contributed by atoms with Gasteiger partial charge in [-0.15, -0.1) is 11.3 Å². The summed E-state index contributed by atoms with van der Waals surface area (Å²) in [6.45, 7) is 1.96. The summed E-state index contributed by atoms with van der Waals surface area (Å²) < 4.78 is 27.0. The molecule has 1 heterocycles. The predicted molar refractivity (Wildman–Crippen MR) is 129 cm³/mol. The third kappa shape index (κ3) is 4.42. The van der Waals surface area contributed by atoms with Crippen molar-refractivity contribution in [2.45, 2.75) is 11.8 Å². The van der Waals surface area contributed by atoms with E-state index in [9.17, 15) is 13.2 Å². The second-order valence-corrected chi connectivity index (χ2v) is 10.2. The zero-order valence-electron chi connectivity index (χ0n) is 17.5. The van der Waals surface area contributed by atoms with Crippen molar-refractivity contribution >= 4 is 38.1 Å². The van der Waals surface area contributed by atoms with Gasteiger partial charge < -0.3 is 0 Å². The molecule has 0 saturated carbocycles. The van der Waals surface area contributed by atoms with Gasteiger partial charge in [0.15, 0.2) is 5.13 Å². The molecule has 4 aromatic rings. The fraction of sp³-hybridized carbons (Fsp3) is 0.0833. The third-order valence-corrected chi connectivity index (χ3v) is 7.64. The Hall–Kier alpha value is -3.49. The van der Waals surface area contributed by atoms with Gasteiger partial charge in [-0.1, -0.05) is 48.5 Å². The molecule has 0 atom stereocenters. The number of nitrogens with one attached hydrogen (secondary N) is 1. The van der Waals surface area contributed by atoms with Crippen molar-refractivity contribution in [1.82, 2.24) is 4.98 Å². The summed E-state index contributed by atoms with van der Waals surface area (Å²) in [6, 6.07) is 24.5. The van der Waals surface area contributed by atoms with Crippen molar-refractivity contribution in [3.05, 3.63) is 95.4 Å². The molecule has 32 heavy (non-hydrogen) atoms. The van der Waals surface area contributed by atoms with Gasteiger partial charge in [-0.25, -0.2) is 13.4 Å². The first-order valence-electron chi connectivity index (χ1n) is 9.84. The highest BCUT2D eigenvalue weighted by molar-refractivity contribution is 7.92. The summed E-state index contributed by atoms with van der Waals surface area (Å²) in [6.07, 6.45) is 0. The van der Waals surface area contributed by atoms with Crippen LogP contribution in [0.5, 0.6) is 0 Å². The van der Waals surface area contributed by atoms with E-state index in [1.165, 1.54) is 47.0 Å². The molecule has 162 valence electrons. The molecule has 4 rings (SSSR count). The number of amides is 1. The molecule has 0 bridgehead atoms. The number of sulfonamides is 1. The van der Waals surface area contributed by atoms with Crippen molar-refractivity contribution < 1.29 is 13.2 Å². The van der Waals surface area contributed by atoms with Gasteiger partial charge in [-0.3, -0.25) is 14.4 Å². The molecule has 0 radical (unpaired) electrons. The third-order valence-electron chi connectivity index (χ3n) is 4.96. The van der Waals surface area contributed by atoms with Gasteiger partial charge in [0, 0.05) is 23.1 Å². The summed E-state index contributed by atoms with van der Waals surface area (Å²) in [4.78, 5) is 18.3. The summed E-state index contributed by atoms with van der Waals surface area (Å²) in [7, 11) is -2.23. The average Bonchev–Trinajstić information content (AvgIpc) is 3.19. The van der Waals surface area contributed by atoms with E-state index in [0.29, 0.717) is 16.4 Å². The highest BCUT2D eigenvalue weighted by atomic mass is 32.2. The van der Waals surface area contributed by atoms with Crippen molar-refractivity contribution in [2.75, 3.05) is 16.7 Å². The molecule has 0 unspecified atom stereocenters. The van der Waals surface area contributed by atoms with Gasteiger partial charge in [0.1, 0.15) is 0 Å². The van der Waals surface area contributed by atoms with Crippen LogP contribution < -0.4 is 9.62 Å². The molecular weight excluding hydrogens is 442 g/mol. The summed E-state index contributed by atoms with van der Waals surface area (Å²) in [5.74, 6) is -0.348. The van der Waals surface area contributed by atoms with E-state index in [4.69, 9.17) is 0 Å². The fourth-order valence-corrected chi connectivity index (χ4v) is 5.22. The van der Waals surface area contributed by atoms with E-state index in [2.05, 4.69) is 10.3 Å². The lowest BCUT2D eigenvalue weighted by Crippen LogP contribution is -2.26. The molecule has 0 saturated heterocycles. The maximum Gasteiger partial charge on any atom is 0.264 e. The first-order valence-corrected chi connectivity index (χ1v) is 12.1. The second-order valence-electron chi connectivity index (χ2n) is 7.08. The molecule has 1 N–H and O–H groups in total. The van der Waals surface area contributed by atoms with Gasteiger partial charge in [-0.2, -0.15) is 0 Å². The van der Waals surface area contributed by atoms with Gasteiger partial charge in [0.25, 0.3) is 15.9 Å². The lowest BCUT2D eigenvalue weighted by molar-refractivity contribution is 0.102. The highest BCUT2D eigenvalue weighted by Gasteiger charge is 2.22. The van der Waals surface area contributed by atoms with Crippen molar-refractivity contribution in [3.8, 4) is 11.3 Å². The largest absolute Gasteiger partial charge is 0.298 e. The maximum absolute atomic E-state index is 12.9. The zero-order valence-corrected chi connectivity index (χ0v) is 19.2. The van der Waals surface area contributed by atoms with Crippen LogP contribution in [-0.2, 0) is 10.0 Å². The number of rotatable bonds is 6. The van der Waals surface area contributed by atoms with Crippen LogP contribution in [0.3, 0.4) is 0 Å². The van der Waals surface area contributed by atoms with Gasteiger partial charge >= 0.3 is 0 Å². The number of aryl methyl sites for hydroxylation is 1. The van der Waals surface area contributed by atoms with Crippen molar-refractivity contribution in [3.63, 3.8) is 0 Å². The van der Waals surface area contributed by atoms with E-state index in [1.54, 1.807) is 24.3 Å². The summed E-state index contributed by atoms with van der Waals surface area (Å²) >= 11 is 1.40. The SMILES string of the molecule is Cc1sc(NC(=O)c2ccc(S(=O)(=O)N(C)c3ccccc3)cc2)nc1-c1ccccc1. The molecule has 8 heteroatoms. The Morgan fingerprint density at radius 2 is 1.50 bits per heavy atom. The Kier molecular flexibility index (Phi) is 6.07. The average molecular weight is 464 g/mol. The maximum atomic E-state index is 12.9. The van der Waals surface area contributed by atoms with E-state index in [0.717, 1.165) is 16.1 Å². The molecule has 6 nitrogen and oxygen atoms in total. The Bertz CT molecular complexity index is 1330. The molecular formula is C24H21N3O3S2. The van der Waals surface area contributed by atoms with Crippen LogP contribution in [0.25, 0.3) is 11.3 Å². The highest BCUT2D eigenvalue weighted by Crippen LogP contribution is 2.30. The van der Waals surface area contributed by atoms with Crippen LogP contribution >= 0.6 is 11.3 Å². The normalized spacial score (nSPS) is 11.2. The molecule has 0 aliphatic carbocycles. The number of anilines is 2. The number of hydrogen-bond acceptors (Lipinski definition) is 5. The van der Waals surface area contributed by atoms with E-state index >= 15 is 0 Å². The number of aromatic nitrogens is 1. The fourth-order valence-electron chi connectivity index (χ4n) is 3.20. The minimum atomic E-state index is -3.73. The molecule has 0 spiro atoms. The Balaban J connectivity index is 1.50. The van der Waals surface area contributed by atoms with Crippen LogP contribution in [-0.4, -0.2) is 26.4 Å². The number of thiazole rings is 1. The van der Waals surface area contributed by atoms with E-state index < -0.39 is 10.0 Å². The minimum Gasteiger partial charge on any atom is -0.298 e. The molecule has 0 aliphatic rings. The Morgan fingerprint density at radius 3 is 2.12 bits per heavy atom. The summed E-state index contributed by atoms with van der Waals surface area (Å²) in [5, 5.41) is 3.30. The van der Waals surface area contributed by atoms with Crippen LogP contribution in [0.2, 0.25) is 0 Å². The van der Waals surface area contributed by atoms with Crippen molar-refractivity contribution in [1.29, 1.82) is 0 Å². The minimum absolute atomic E-state index is 0.108. The number of hydrogen-bond donors (Lipinski definition) is 1. The standard InChI is InChI=1S/C24H21N3O3S2/c1-17-22(18-9-5-3-6-10-18)25-24(31-17)26-23(28)19-13-15-21(16-14-19)32(29,30)27(2)20-11-7-4-8-12-20/h3-16H,1-2H3,(H,25,26,28). The van der Waals surface area contributed by atoms with Gasteiger partial charge in [0.2, 0.25) is 0 Å². The van der Waals surface area contributed by atoms with Crippen LogP contribution in [0.15, 0.2) is 89.8 Å². The first-order chi connectivity index (χ1) is 15.4. The van der Waals surface area contributed by atoms with E-state index in [1.807, 2.05) is 43.3 Å². The number of carbonyl (C=O) groups is 1. The lowest BCUT2D eigenvalue weighted by Gasteiger charge is -2.19. The Labute approximate surface area is 191 Å². The quantitative estimate of drug-likeness (QED) is 0.426. The molecule has 0 aliphatic heterocycles. The summed E-state index contributed by atoms with van der Waals surface area (Å²) in [5.41, 5.74) is 2.72. The molecule has 0 fully saturated rings. The van der Waals surface area contributed by atoms with Crippen molar-refractivity contribution in [2.24, 2.45) is 0 Å². The topological polar surface area (TPSA) is 79.4 Å². The molecule has 1 aromatic heterocycles. The predicted octanol–water partition coefficient (Wildman–Crippen LogP) is 5.20. The number of benzene rings is 3. The number of nitrogens with zero attached hydrogens (tertiary/aromatic N) is 2. The molecule has 3 aromatic carbocycles.